The van der Waals surface area contributed by atoms with Crippen molar-refractivity contribution in [2.24, 2.45) is 0 Å². The zero-order valence-corrected chi connectivity index (χ0v) is 15.4. The van der Waals surface area contributed by atoms with Crippen molar-refractivity contribution < 1.29 is 14.3 Å². The molecule has 1 aliphatic heterocycles. The Kier molecular flexibility index (Phi) is 6.75. The number of ether oxygens (including phenoxy) is 1. The summed E-state index contributed by atoms with van der Waals surface area (Å²) < 4.78 is 5.39. The summed E-state index contributed by atoms with van der Waals surface area (Å²) in [5.74, 6) is 0. The lowest BCUT2D eigenvalue weighted by atomic mass is 10.1. The first-order valence-corrected chi connectivity index (χ1v) is 9.38. The van der Waals surface area contributed by atoms with Crippen molar-refractivity contribution in [2.45, 2.75) is 89.8 Å². The maximum absolute atomic E-state index is 12.2. The van der Waals surface area contributed by atoms with E-state index in [9.17, 15) is 9.59 Å². The molecule has 2 N–H and O–H groups in total. The van der Waals surface area contributed by atoms with Gasteiger partial charge in [-0.1, -0.05) is 25.7 Å². The number of nitrogens with zero attached hydrogens (tertiary/aromatic N) is 1. The molecule has 0 aromatic carbocycles. The van der Waals surface area contributed by atoms with Crippen molar-refractivity contribution >= 4 is 12.1 Å². The first-order valence-electron chi connectivity index (χ1n) is 9.38. The highest BCUT2D eigenvalue weighted by atomic mass is 16.6. The topological polar surface area (TPSA) is 70.7 Å². The average molecular weight is 339 g/mol. The highest BCUT2D eigenvalue weighted by Gasteiger charge is 2.27. The molecule has 1 heterocycles. The predicted molar refractivity (Wildman–Crippen MR) is 94.0 cm³/mol. The van der Waals surface area contributed by atoms with E-state index in [1.54, 1.807) is 4.90 Å². The first-order chi connectivity index (χ1) is 11.3. The van der Waals surface area contributed by atoms with Gasteiger partial charge in [-0.05, 0) is 46.5 Å². The second-order valence-electron chi connectivity index (χ2n) is 8.05. The number of likely N-dealkylation sites (tertiary alicyclic amines) is 1. The van der Waals surface area contributed by atoms with Gasteiger partial charge in [-0.3, -0.25) is 0 Å². The molecule has 0 aromatic rings. The minimum absolute atomic E-state index is 0.0578. The van der Waals surface area contributed by atoms with Crippen molar-refractivity contribution in [1.82, 2.24) is 15.5 Å². The summed E-state index contributed by atoms with van der Waals surface area (Å²) in [7, 11) is 0. The standard InChI is InChI=1S/C18H33N3O3/c1-18(2,3)24-17(23)21-12-10-15(11-13-21)20-16(22)19-14-8-6-4-5-7-9-14/h14-15H,4-13H2,1-3H3,(H2,19,20,22). The number of rotatable bonds is 2. The molecule has 6 nitrogen and oxygen atoms in total. The van der Waals surface area contributed by atoms with Crippen LogP contribution in [0.3, 0.4) is 0 Å². The molecule has 3 amide bonds. The van der Waals surface area contributed by atoms with Crippen molar-refractivity contribution in [1.29, 1.82) is 0 Å². The number of nitrogens with one attached hydrogen (secondary N) is 2. The van der Waals surface area contributed by atoms with Crippen molar-refractivity contribution in [3.63, 3.8) is 0 Å². The van der Waals surface area contributed by atoms with E-state index in [0.717, 1.165) is 25.7 Å². The molecule has 0 unspecified atom stereocenters. The van der Waals surface area contributed by atoms with E-state index in [2.05, 4.69) is 10.6 Å². The summed E-state index contributed by atoms with van der Waals surface area (Å²) in [6.45, 7) is 6.87. The molecule has 24 heavy (non-hydrogen) atoms. The summed E-state index contributed by atoms with van der Waals surface area (Å²) in [6.07, 6.45) is 8.44. The van der Waals surface area contributed by atoms with Gasteiger partial charge in [-0.25, -0.2) is 9.59 Å². The van der Waals surface area contributed by atoms with E-state index < -0.39 is 5.60 Å². The van der Waals surface area contributed by atoms with Crippen LogP contribution in [0.2, 0.25) is 0 Å². The number of piperidine rings is 1. The molecule has 1 saturated carbocycles. The number of hydrogen-bond donors (Lipinski definition) is 2. The molecule has 1 saturated heterocycles. The Morgan fingerprint density at radius 3 is 1.88 bits per heavy atom. The Bertz CT molecular complexity index is 418. The van der Waals surface area contributed by atoms with E-state index >= 15 is 0 Å². The molecule has 6 heteroatoms. The Labute approximate surface area is 145 Å². The number of urea groups is 1. The van der Waals surface area contributed by atoms with Gasteiger partial charge in [-0.2, -0.15) is 0 Å². The van der Waals surface area contributed by atoms with Crippen LogP contribution in [0.15, 0.2) is 0 Å². The van der Waals surface area contributed by atoms with Crippen LogP contribution in [-0.4, -0.2) is 47.8 Å². The molecule has 1 aliphatic carbocycles. The van der Waals surface area contributed by atoms with E-state index in [4.69, 9.17) is 4.74 Å². The SMILES string of the molecule is CC(C)(C)OC(=O)N1CCC(NC(=O)NC2CCCCCC2)CC1. The Hall–Kier alpha value is -1.46. The van der Waals surface area contributed by atoms with E-state index in [0.29, 0.717) is 19.1 Å². The van der Waals surface area contributed by atoms with Crippen LogP contribution in [-0.2, 0) is 4.74 Å². The fourth-order valence-corrected chi connectivity index (χ4v) is 3.37. The van der Waals surface area contributed by atoms with Gasteiger partial charge in [0.1, 0.15) is 5.60 Å². The first kappa shape index (κ1) is 18.9. The number of carbonyl (C=O) groups is 2. The lowest BCUT2D eigenvalue weighted by molar-refractivity contribution is 0.0201. The molecule has 2 rings (SSSR count). The minimum Gasteiger partial charge on any atom is -0.444 e. The lowest BCUT2D eigenvalue weighted by Crippen LogP contribution is -2.51. The lowest BCUT2D eigenvalue weighted by Gasteiger charge is -2.34. The van der Waals surface area contributed by atoms with Crippen LogP contribution in [0.1, 0.15) is 72.1 Å². The third-order valence-electron chi connectivity index (χ3n) is 4.67. The van der Waals surface area contributed by atoms with Gasteiger partial charge in [0.15, 0.2) is 0 Å². The molecular weight excluding hydrogens is 306 g/mol. The van der Waals surface area contributed by atoms with Crippen molar-refractivity contribution in [3.8, 4) is 0 Å². The second-order valence-corrected chi connectivity index (χ2v) is 8.05. The van der Waals surface area contributed by atoms with Gasteiger partial charge in [0.05, 0.1) is 0 Å². The molecule has 0 spiro atoms. The number of amides is 3. The zero-order valence-electron chi connectivity index (χ0n) is 15.4. The molecule has 0 radical (unpaired) electrons. The van der Waals surface area contributed by atoms with Crippen LogP contribution in [0, 0.1) is 0 Å². The maximum Gasteiger partial charge on any atom is 0.410 e. The predicted octanol–water partition coefficient (Wildman–Crippen LogP) is 3.41. The fourth-order valence-electron chi connectivity index (χ4n) is 3.37. The molecule has 2 fully saturated rings. The summed E-state index contributed by atoms with van der Waals surface area (Å²) >= 11 is 0. The third-order valence-corrected chi connectivity index (χ3v) is 4.67. The molecule has 0 atom stereocenters. The number of hydrogen-bond acceptors (Lipinski definition) is 3. The van der Waals surface area contributed by atoms with Gasteiger partial charge >= 0.3 is 12.1 Å². The monoisotopic (exact) mass is 339 g/mol. The highest BCUT2D eigenvalue weighted by molar-refractivity contribution is 5.74. The maximum atomic E-state index is 12.2. The highest BCUT2D eigenvalue weighted by Crippen LogP contribution is 2.18. The summed E-state index contributed by atoms with van der Waals surface area (Å²) in [6, 6.07) is 0.390. The Morgan fingerprint density at radius 2 is 1.38 bits per heavy atom. The zero-order chi connectivity index (χ0) is 17.6. The van der Waals surface area contributed by atoms with Crippen LogP contribution >= 0.6 is 0 Å². The van der Waals surface area contributed by atoms with Gasteiger partial charge in [0, 0.05) is 25.2 Å². The van der Waals surface area contributed by atoms with Crippen molar-refractivity contribution in [2.75, 3.05) is 13.1 Å². The van der Waals surface area contributed by atoms with Crippen molar-refractivity contribution in [3.05, 3.63) is 0 Å². The van der Waals surface area contributed by atoms with Crippen LogP contribution < -0.4 is 10.6 Å². The van der Waals surface area contributed by atoms with Crippen LogP contribution in [0.5, 0.6) is 0 Å². The largest absolute Gasteiger partial charge is 0.444 e. The van der Waals surface area contributed by atoms with Crippen LogP contribution in [0.25, 0.3) is 0 Å². The van der Waals surface area contributed by atoms with Crippen LogP contribution in [0.4, 0.5) is 9.59 Å². The minimum atomic E-state index is -0.467. The molecule has 0 bridgehead atoms. The normalized spacial score (nSPS) is 21.0. The Balaban J connectivity index is 1.68. The molecule has 2 aliphatic rings. The van der Waals surface area contributed by atoms with E-state index in [1.165, 1.54) is 25.7 Å². The fraction of sp³-hybridized carbons (Fsp3) is 0.889. The van der Waals surface area contributed by atoms with Gasteiger partial charge in [0.2, 0.25) is 0 Å². The van der Waals surface area contributed by atoms with E-state index in [1.807, 2.05) is 20.8 Å². The van der Waals surface area contributed by atoms with Gasteiger partial charge < -0.3 is 20.3 Å². The summed E-state index contributed by atoms with van der Waals surface area (Å²) in [4.78, 5) is 25.9. The molecule has 138 valence electrons. The Morgan fingerprint density at radius 1 is 0.875 bits per heavy atom. The summed E-state index contributed by atoms with van der Waals surface area (Å²) in [5.41, 5.74) is -0.467. The smallest absolute Gasteiger partial charge is 0.410 e. The molecular formula is C18H33N3O3. The summed E-state index contributed by atoms with van der Waals surface area (Å²) in [5, 5.41) is 6.18. The number of carbonyl (C=O) groups excluding carboxylic acids is 2. The van der Waals surface area contributed by atoms with Gasteiger partial charge in [0.25, 0.3) is 0 Å². The third kappa shape index (κ3) is 6.57. The van der Waals surface area contributed by atoms with E-state index in [-0.39, 0.29) is 18.2 Å². The molecule has 0 aromatic heterocycles. The average Bonchev–Trinajstić information content (AvgIpc) is 2.74. The second kappa shape index (κ2) is 8.58. The quantitative estimate of drug-likeness (QED) is 0.757. The van der Waals surface area contributed by atoms with Gasteiger partial charge in [-0.15, -0.1) is 0 Å².